The molecule has 3 N–H and O–H groups in total. The van der Waals surface area contributed by atoms with Crippen molar-refractivity contribution in [3.05, 3.63) is 18.2 Å². The van der Waals surface area contributed by atoms with E-state index in [2.05, 4.69) is 4.90 Å². The summed E-state index contributed by atoms with van der Waals surface area (Å²) in [6.07, 6.45) is 3.21. The molecule has 106 valence electrons. The fraction of sp³-hybridized carbons (Fsp3) is 0.538. The molecule has 5 nitrogen and oxygen atoms in total. The molecule has 1 fully saturated rings. The molecule has 1 aromatic rings. The van der Waals surface area contributed by atoms with Crippen molar-refractivity contribution in [2.75, 3.05) is 36.6 Å². The summed E-state index contributed by atoms with van der Waals surface area (Å²) in [4.78, 5) is 2.36. The van der Waals surface area contributed by atoms with E-state index in [0.717, 1.165) is 31.6 Å². The number of aliphatic hydroxyl groups is 1. The molecular formula is C13H20N2O3S. The largest absolute Gasteiger partial charge is 0.397 e. The smallest absolute Gasteiger partial charge is 0.175 e. The maximum absolute atomic E-state index is 11.5. The maximum atomic E-state index is 11.5. The highest BCUT2D eigenvalue weighted by Gasteiger charge is 2.21. The highest BCUT2D eigenvalue weighted by atomic mass is 32.2. The molecule has 0 aliphatic carbocycles. The normalized spacial score (nSPS) is 20.5. The lowest BCUT2D eigenvalue weighted by molar-refractivity contribution is 0.209. The van der Waals surface area contributed by atoms with Crippen LogP contribution in [0.15, 0.2) is 23.1 Å². The van der Waals surface area contributed by atoms with Gasteiger partial charge in [-0.15, -0.1) is 0 Å². The second kappa shape index (κ2) is 5.38. The second-order valence-corrected chi connectivity index (χ2v) is 7.15. The van der Waals surface area contributed by atoms with E-state index < -0.39 is 9.84 Å². The summed E-state index contributed by atoms with van der Waals surface area (Å²) < 4.78 is 22.9. The summed E-state index contributed by atoms with van der Waals surface area (Å²) in [6.45, 7) is 1.83. The van der Waals surface area contributed by atoms with Gasteiger partial charge in [0.2, 0.25) is 0 Å². The van der Waals surface area contributed by atoms with Crippen LogP contribution in [0.2, 0.25) is 0 Å². The minimum atomic E-state index is -3.23. The first kappa shape index (κ1) is 14.1. The average molecular weight is 284 g/mol. The summed E-state index contributed by atoms with van der Waals surface area (Å²) in [7, 11) is -3.23. The van der Waals surface area contributed by atoms with Crippen molar-refractivity contribution in [2.45, 2.75) is 17.7 Å². The Labute approximate surface area is 113 Å². The number of nitrogen functional groups attached to an aromatic ring is 1. The SMILES string of the molecule is CS(=O)(=O)c1ccc(N2CCCC(CO)C2)c(N)c1. The Morgan fingerprint density at radius 3 is 2.79 bits per heavy atom. The van der Waals surface area contributed by atoms with Crippen LogP contribution in [0.4, 0.5) is 11.4 Å². The maximum Gasteiger partial charge on any atom is 0.175 e. The van der Waals surface area contributed by atoms with Gasteiger partial charge in [0.05, 0.1) is 16.3 Å². The van der Waals surface area contributed by atoms with Crippen molar-refractivity contribution in [2.24, 2.45) is 5.92 Å². The minimum Gasteiger partial charge on any atom is -0.397 e. The third-order valence-electron chi connectivity index (χ3n) is 3.55. The van der Waals surface area contributed by atoms with E-state index in [1.165, 1.54) is 12.3 Å². The zero-order chi connectivity index (χ0) is 14.0. The average Bonchev–Trinajstić information content (AvgIpc) is 2.37. The standard InChI is InChI=1S/C13H20N2O3S/c1-19(17,18)11-4-5-13(12(14)7-11)15-6-2-3-10(8-15)9-16/h4-5,7,10,16H,2-3,6,8-9,14H2,1H3. The van der Waals surface area contributed by atoms with Gasteiger partial charge in [0.25, 0.3) is 0 Å². The highest BCUT2D eigenvalue weighted by molar-refractivity contribution is 7.90. The Morgan fingerprint density at radius 1 is 1.47 bits per heavy atom. The lowest BCUT2D eigenvalue weighted by atomic mass is 9.98. The number of hydrogen-bond donors (Lipinski definition) is 2. The third kappa shape index (κ3) is 3.19. The van der Waals surface area contributed by atoms with Crippen LogP contribution >= 0.6 is 0 Å². The number of nitrogens with two attached hydrogens (primary N) is 1. The molecule has 0 saturated carbocycles. The molecule has 1 aliphatic heterocycles. The Balaban J connectivity index is 2.26. The molecular weight excluding hydrogens is 264 g/mol. The minimum absolute atomic E-state index is 0.178. The topological polar surface area (TPSA) is 83.6 Å². The molecule has 2 rings (SSSR count). The van der Waals surface area contributed by atoms with E-state index in [-0.39, 0.29) is 17.4 Å². The van der Waals surface area contributed by atoms with Crippen LogP contribution in [0.1, 0.15) is 12.8 Å². The first-order valence-corrected chi connectivity index (χ1v) is 8.26. The number of benzene rings is 1. The first-order chi connectivity index (χ1) is 8.91. The highest BCUT2D eigenvalue weighted by Crippen LogP contribution is 2.29. The number of rotatable bonds is 3. The van der Waals surface area contributed by atoms with Gasteiger partial charge in [-0.05, 0) is 37.0 Å². The molecule has 1 saturated heterocycles. The van der Waals surface area contributed by atoms with E-state index in [1.54, 1.807) is 12.1 Å². The molecule has 0 bridgehead atoms. The number of aliphatic hydroxyl groups excluding tert-OH is 1. The van der Waals surface area contributed by atoms with Crippen molar-refractivity contribution < 1.29 is 13.5 Å². The monoisotopic (exact) mass is 284 g/mol. The Hall–Kier alpha value is -1.27. The number of anilines is 2. The van der Waals surface area contributed by atoms with Crippen LogP contribution in [-0.4, -0.2) is 39.5 Å². The van der Waals surface area contributed by atoms with Crippen molar-refractivity contribution in [1.29, 1.82) is 0 Å². The van der Waals surface area contributed by atoms with Crippen LogP contribution in [0.25, 0.3) is 0 Å². The number of piperidine rings is 1. The van der Waals surface area contributed by atoms with Gasteiger partial charge in [-0.3, -0.25) is 0 Å². The number of sulfone groups is 1. The Bertz CT molecular complexity index is 557. The molecule has 19 heavy (non-hydrogen) atoms. The van der Waals surface area contributed by atoms with E-state index in [1.807, 2.05) is 0 Å². The van der Waals surface area contributed by atoms with Gasteiger partial charge in [0.15, 0.2) is 9.84 Å². The van der Waals surface area contributed by atoms with Crippen LogP contribution in [0.3, 0.4) is 0 Å². The molecule has 1 atom stereocenters. The van der Waals surface area contributed by atoms with Crippen molar-refractivity contribution in [3.63, 3.8) is 0 Å². The number of nitrogens with zero attached hydrogens (tertiary/aromatic N) is 1. The van der Waals surface area contributed by atoms with Crippen LogP contribution in [0, 0.1) is 5.92 Å². The van der Waals surface area contributed by atoms with E-state index in [9.17, 15) is 13.5 Å². The summed E-state index contributed by atoms with van der Waals surface area (Å²) in [6, 6.07) is 4.85. The Morgan fingerprint density at radius 2 is 2.21 bits per heavy atom. The van der Waals surface area contributed by atoms with E-state index >= 15 is 0 Å². The second-order valence-electron chi connectivity index (χ2n) is 5.13. The van der Waals surface area contributed by atoms with Gasteiger partial charge < -0.3 is 15.7 Å². The fourth-order valence-corrected chi connectivity index (χ4v) is 3.14. The van der Waals surface area contributed by atoms with Gasteiger partial charge in [0.1, 0.15) is 0 Å². The molecule has 6 heteroatoms. The molecule has 1 unspecified atom stereocenters. The molecule has 1 heterocycles. The molecule has 1 aromatic carbocycles. The Kier molecular flexibility index (Phi) is 4.01. The van der Waals surface area contributed by atoms with Crippen molar-refractivity contribution >= 4 is 21.2 Å². The number of hydrogen-bond acceptors (Lipinski definition) is 5. The van der Waals surface area contributed by atoms with E-state index in [0.29, 0.717) is 5.69 Å². The molecule has 0 spiro atoms. The van der Waals surface area contributed by atoms with Crippen LogP contribution in [0.5, 0.6) is 0 Å². The van der Waals surface area contributed by atoms with Crippen LogP contribution < -0.4 is 10.6 Å². The van der Waals surface area contributed by atoms with Gasteiger partial charge in [-0.2, -0.15) is 0 Å². The van der Waals surface area contributed by atoms with Gasteiger partial charge in [-0.25, -0.2) is 8.42 Å². The fourth-order valence-electron chi connectivity index (χ4n) is 2.48. The molecule has 0 amide bonds. The lowest BCUT2D eigenvalue weighted by Crippen LogP contribution is -2.37. The summed E-state index contributed by atoms with van der Waals surface area (Å²) >= 11 is 0. The zero-order valence-corrected chi connectivity index (χ0v) is 11.9. The molecule has 1 aliphatic rings. The van der Waals surface area contributed by atoms with Gasteiger partial charge >= 0.3 is 0 Å². The molecule has 0 radical (unpaired) electrons. The predicted molar refractivity (Wildman–Crippen MR) is 76.0 cm³/mol. The first-order valence-electron chi connectivity index (χ1n) is 6.37. The predicted octanol–water partition coefficient (Wildman–Crippen LogP) is 0.881. The summed E-state index contributed by atoms with van der Waals surface area (Å²) in [5, 5.41) is 9.24. The van der Waals surface area contributed by atoms with E-state index in [4.69, 9.17) is 5.73 Å². The lowest BCUT2D eigenvalue weighted by Gasteiger charge is -2.34. The van der Waals surface area contributed by atoms with Gasteiger partial charge in [-0.1, -0.05) is 0 Å². The van der Waals surface area contributed by atoms with Gasteiger partial charge in [0, 0.05) is 26.0 Å². The van der Waals surface area contributed by atoms with Crippen LogP contribution in [-0.2, 0) is 9.84 Å². The van der Waals surface area contributed by atoms with Crippen molar-refractivity contribution in [1.82, 2.24) is 0 Å². The zero-order valence-electron chi connectivity index (χ0n) is 11.0. The summed E-state index contributed by atoms with van der Waals surface area (Å²) in [5.74, 6) is 0.266. The molecule has 0 aromatic heterocycles. The quantitative estimate of drug-likeness (QED) is 0.805. The third-order valence-corrected chi connectivity index (χ3v) is 4.66. The summed E-state index contributed by atoms with van der Waals surface area (Å²) in [5.41, 5.74) is 7.29. The van der Waals surface area contributed by atoms with Crippen molar-refractivity contribution in [3.8, 4) is 0 Å².